The van der Waals surface area contributed by atoms with Gasteiger partial charge in [0.1, 0.15) is 17.6 Å². The number of amides is 2. The minimum Gasteiger partial charge on any atom is -0.495 e. The number of carbonyl (C=O) groups excluding carboxylic acids is 2. The Labute approximate surface area is 163 Å². The third kappa shape index (κ3) is 3.58. The number of hydrogen-bond donors (Lipinski definition) is 2. The number of aromatic nitrogens is 1. The third-order valence-electron chi connectivity index (χ3n) is 4.56. The Hall–Kier alpha value is -3.29. The minimum atomic E-state index is -0.837. The quantitative estimate of drug-likeness (QED) is 0.820. The van der Waals surface area contributed by atoms with Crippen LogP contribution in [0.4, 0.5) is 17.3 Å². The van der Waals surface area contributed by atoms with Gasteiger partial charge in [-0.1, -0.05) is 26.0 Å². The number of anilines is 3. The topological polar surface area (TPSA) is 107 Å². The van der Waals surface area contributed by atoms with Crippen molar-refractivity contribution >= 4 is 29.1 Å². The Morgan fingerprint density at radius 2 is 1.96 bits per heavy atom. The number of nitrogens with two attached hydrogens (primary N) is 1. The van der Waals surface area contributed by atoms with Gasteiger partial charge < -0.3 is 20.5 Å². The molecule has 0 bridgehead atoms. The first-order valence-electron chi connectivity index (χ1n) is 9.03. The molecule has 1 aromatic carbocycles. The highest BCUT2D eigenvalue weighted by Crippen LogP contribution is 2.36. The molecule has 8 heteroatoms. The number of pyridine rings is 1. The lowest BCUT2D eigenvalue weighted by atomic mass is 10.0. The maximum Gasteiger partial charge on any atom is 0.270 e. The third-order valence-corrected chi connectivity index (χ3v) is 4.56. The smallest absolute Gasteiger partial charge is 0.270 e. The second-order valence-corrected chi connectivity index (χ2v) is 6.91. The fourth-order valence-electron chi connectivity index (χ4n) is 3.04. The van der Waals surface area contributed by atoms with Gasteiger partial charge in [0.05, 0.1) is 12.8 Å². The number of rotatable bonds is 5. The van der Waals surface area contributed by atoms with Crippen LogP contribution in [0.15, 0.2) is 36.4 Å². The predicted molar refractivity (Wildman–Crippen MR) is 106 cm³/mol. The van der Waals surface area contributed by atoms with Crippen molar-refractivity contribution in [1.82, 2.24) is 4.98 Å². The van der Waals surface area contributed by atoms with Gasteiger partial charge in [-0.05, 0) is 37.1 Å². The first-order chi connectivity index (χ1) is 13.3. The summed E-state index contributed by atoms with van der Waals surface area (Å²) in [6, 6.07) is 9.49. The summed E-state index contributed by atoms with van der Waals surface area (Å²) in [7, 11) is 1.52. The van der Waals surface area contributed by atoms with Crippen LogP contribution < -0.4 is 25.4 Å². The van der Waals surface area contributed by atoms with Crippen molar-refractivity contribution in [3.8, 4) is 11.5 Å². The molecule has 3 N–H and O–H groups in total. The van der Waals surface area contributed by atoms with Crippen LogP contribution in [0.3, 0.4) is 0 Å². The Balaban J connectivity index is 1.94. The normalized spacial score (nSPS) is 17.0. The van der Waals surface area contributed by atoms with Crippen LogP contribution in [0.2, 0.25) is 0 Å². The molecule has 0 saturated carbocycles. The van der Waals surface area contributed by atoms with Crippen LogP contribution in [0.1, 0.15) is 20.8 Å². The highest BCUT2D eigenvalue weighted by atomic mass is 16.5. The van der Waals surface area contributed by atoms with E-state index in [1.807, 2.05) is 13.8 Å². The van der Waals surface area contributed by atoms with Crippen LogP contribution in [-0.2, 0) is 9.59 Å². The molecule has 0 radical (unpaired) electrons. The molecular weight excluding hydrogens is 360 g/mol. The van der Waals surface area contributed by atoms with Gasteiger partial charge in [0.15, 0.2) is 17.7 Å². The average Bonchev–Trinajstić information content (AvgIpc) is 2.67. The van der Waals surface area contributed by atoms with E-state index in [-0.39, 0.29) is 29.4 Å². The van der Waals surface area contributed by atoms with E-state index >= 15 is 0 Å². The highest BCUT2D eigenvalue weighted by Gasteiger charge is 2.41. The maximum absolute atomic E-state index is 13.1. The van der Waals surface area contributed by atoms with Crippen LogP contribution in [0, 0.1) is 5.92 Å². The van der Waals surface area contributed by atoms with Crippen LogP contribution in [-0.4, -0.2) is 36.1 Å². The van der Waals surface area contributed by atoms with Gasteiger partial charge >= 0.3 is 0 Å². The van der Waals surface area contributed by atoms with Crippen molar-refractivity contribution in [3.05, 3.63) is 36.4 Å². The van der Waals surface area contributed by atoms with E-state index in [2.05, 4.69) is 10.3 Å². The van der Waals surface area contributed by atoms with Crippen LogP contribution in [0.5, 0.6) is 11.5 Å². The van der Waals surface area contributed by atoms with E-state index in [0.29, 0.717) is 17.2 Å². The molecule has 28 heavy (non-hydrogen) atoms. The highest BCUT2D eigenvalue weighted by molar-refractivity contribution is 6.07. The number of nitrogen functional groups attached to an aromatic ring is 1. The summed E-state index contributed by atoms with van der Waals surface area (Å²) in [4.78, 5) is 31.6. The number of nitrogens with zero attached hydrogens (tertiary/aromatic N) is 2. The van der Waals surface area contributed by atoms with E-state index in [9.17, 15) is 9.59 Å². The number of hydrogen-bond acceptors (Lipinski definition) is 6. The maximum atomic E-state index is 13.1. The van der Waals surface area contributed by atoms with E-state index in [0.717, 1.165) is 0 Å². The largest absolute Gasteiger partial charge is 0.495 e. The fourth-order valence-corrected chi connectivity index (χ4v) is 3.04. The molecular formula is C20H24N4O4. The second kappa shape index (κ2) is 7.75. The van der Waals surface area contributed by atoms with Gasteiger partial charge in [0.2, 0.25) is 5.91 Å². The summed E-state index contributed by atoms with van der Waals surface area (Å²) in [5.74, 6) is 0.638. The first kappa shape index (κ1) is 19.5. The molecule has 2 amide bonds. The summed E-state index contributed by atoms with van der Waals surface area (Å²) >= 11 is 0. The standard InChI is InChI=1S/C20H24N4O4/c1-11(2)17-20(26)24(18-15(28-17)9-10-16(21)23-18)12(3)19(25)22-13-7-5-6-8-14(13)27-4/h5-12,17H,1-4H3,(H2,21,23)(H,22,25). The molecule has 1 aliphatic rings. The zero-order valence-electron chi connectivity index (χ0n) is 16.3. The predicted octanol–water partition coefficient (Wildman–Crippen LogP) is 2.45. The Morgan fingerprint density at radius 1 is 1.25 bits per heavy atom. The number of nitrogens with one attached hydrogen (secondary N) is 1. The lowest BCUT2D eigenvalue weighted by molar-refractivity contribution is -0.130. The Morgan fingerprint density at radius 3 is 2.64 bits per heavy atom. The molecule has 8 nitrogen and oxygen atoms in total. The molecule has 0 fully saturated rings. The summed E-state index contributed by atoms with van der Waals surface area (Å²) in [6.45, 7) is 5.41. The van der Waals surface area contributed by atoms with Gasteiger partial charge in [-0.3, -0.25) is 14.5 Å². The van der Waals surface area contributed by atoms with Crippen molar-refractivity contribution in [2.45, 2.75) is 32.9 Å². The molecule has 1 aromatic heterocycles. The lowest BCUT2D eigenvalue weighted by Crippen LogP contribution is -2.55. The summed E-state index contributed by atoms with van der Waals surface area (Å²) in [5.41, 5.74) is 6.32. The van der Waals surface area contributed by atoms with Crippen molar-refractivity contribution in [3.63, 3.8) is 0 Å². The molecule has 2 atom stereocenters. The van der Waals surface area contributed by atoms with Crippen LogP contribution in [0.25, 0.3) is 0 Å². The zero-order valence-corrected chi connectivity index (χ0v) is 16.3. The van der Waals surface area contributed by atoms with Gasteiger partial charge in [0.25, 0.3) is 5.91 Å². The number of benzene rings is 1. The SMILES string of the molecule is COc1ccccc1NC(=O)C(C)N1C(=O)C(C(C)C)Oc2ccc(N)nc21. The average molecular weight is 384 g/mol. The van der Waals surface area contributed by atoms with Gasteiger partial charge in [-0.25, -0.2) is 4.98 Å². The number of para-hydroxylation sites is 2. The Bertz CT molecular complexity index is 900. The van der Waals surface area contributed by atoms with Crippen molar-refractivity contribution in [1.29, 1.82) is 0 Å². The molecule has 0 aliphatic carbocycles. The van der Waals surface area contributed by atoms with Gasteiger partial charge in [-0.15, -0.1) is 0 Å². The second-order valence-electron chi connectivity index (χ2n) is 6.91. The van der Waals surface area contributed by atoms with E-state index in [4.69, 9.17) is 15.2 Å². The molecule has 2 heterocycles. The van der Waals surface area contributed by atoms with Gasteiger partial charge in [0, 0.05) is 0 Å². The summed E-state index contributed by atoms with van der Waals surface area (Å²) in [5, 5.41) is 2.81. The van der Waals surface area contributed by atoms with Crippen molar-refractivity contribution < 1.29 is 19.1 Å². The molecule has 0 spiro atoms. The molecule has 1 aliphatic heterocycles. The first-order valence-corrected chi connectivity index (χ1v) is 9.03. The van der Waals surface area contributed by atoms with E-state index in [1.54, 1.807) is 43.3 Å². The van der Waals surface area contributed by atoms with Crippen molar-refractivity contribution in [2.24, 2.45) is 5.92 Å². The van der Waals surface area contributed by atoms with Gasteiger partial charge in [-0.2, -0.15) is 0 Å². The number of fused-ring (bicyclic) bond motifs is 1. The molecule has 0 saturated heterocycles. The van der Waals surface area contributed by atoms with Crippen LogP contribution >= 0.6 is 0 Å². The Kier molecular flexibility index (Phi) is 5.39. The molecule has 2 unspecified atom stereocenters. The van der Waals surface area contributed by atoms with E-state index in [1.165, 1.54) is 12.0 Å². The zero-order chi connectivity index (χ0) is 20.4. The fraction of sp³-hybridized carbons (Fsp3) is 0.350. The summed E-state index contributed by atoms with van der Waals surface area (Å²) in [6.07, 6.45) is -0.709. The molecule has 2 aromatic rings. The molecule has 3 rings (SSSR count). The lowest BCUT2D eigenvalue weighted by Gasteiger charge is -2.37. The number of ether oxygens (including phenoxy) is 2. The monoisotopic (exact) mass is 384 g/mol. The molecule has 148 valence electrons. The van der Waals surface area contributed by atoms with Crippen molar-refractivity contribution in [2.75, 3.05) is 23.1 Å². The summed E-state index contributed by atoms with van der Waals surface area (Å²) < 4.78 is 11.1. The number of carbonyl (C=O) groups is 2. The number of methoxy groups -OCH3 is 1. The van der Waals surface area contributed by atoms with E-state index < -0.39 is 12.1 Å². The minimum absolute atomic E-state index is 0.0785.